The van der Waals surface area contributed by atoms with Crippen molar-refractivity contribution in [3.8, 4) is 0 Å². The lowest BCUT2D eigenvalue weighted by atomic mass is 10.1. The highest BCUT2D eigenvalue weighted by atomic mass is 16.2. The molecule has 3 rings (SSSR count). The predicted molar refractivity (Wildman–Crippen MR) is 123 cm³/mol. The van der Waals surface area contributed by atoms with E-state index in [-0.39, 0.29) is 11.8 Å². The number of aryl methyl sites for hydroxylation is 1. The van der Waals surface area contributed by atoms with Crippen LogP contribution in [0, 0.1) is 6.92 Å². The van der Waals surface area contributed by atoms with Crippen molar-refractivity contribution < 1.29 is 9.59 Å². The highest BCUT2D eigenvalue weighted by Gasteiger charge is 2.21. The number of hydrogen-bond acceptors (Lipinski definition) is 3. The van der Waals surface area contributed by atoms with Crippen LogP contribution in [-0.2, 0) is 16.0 Å². The van der Waals surface area contributed by atoms with Gasteiger partial charge in [-0.3, -0.25) is 9.59 Å². The molecule has 1 saturated heterocycles. The van der Waals surface area contributed by atoms with Crippen LogP contribution in [0.5, 0.6) is 0 Å². The fourth-order valence-electron chi connectivity index (χ4n) is 3.81. The molecule has 30 heavy (non-hydrogen) atoms. The fourth-order valence-corrected chi connectivity index (χ4v) is 3.81. The van der Waals surface area contributed by atoms with Crippen LogP contribution in [0.2, 0.25) is 0 Å². The second-order valence-corrected chi connectivity index (χ2v) is 8.02. The Bertz CT molecular complexity index is 840. The Labute approximate surface area is 180 Å². The van der Waals surface area contributed by atoms with Gasteiger partial charge in [-0.1, -0.05) is 44.0 Å². The summed E-state index contributed by atoms with van der Waals surface area (Å²) in [5.74, 6) is 0.280. The summed E-state index contributed by atoms with van der Waals surface area (Å²) in [6, 6.07) is 16.1. The molecule has 0 radical (unpaired) electrons. The second-order valence-electron chi connectivity index (χ2n) is 8.02. The number of nitrogens with zero attached hydrogens (tertiary/aromatic N) is 2. The summed E-state index contributed by atoms with van der Waals surface area (Å²) in [4.78, 5) is 28.9. The van der Waals surface area contributed by atoms with Crippen LogP contribution in [0.15, 0.2) is 48.5 Å². The molecule has 160 valence electrons. The third-order valence-corrected chi connectivity index (χ3v) is 5.76. The molecule has 1 aliphatic rings. The van der Waals surface area contributed by atoms with Crippen LogP contribution in [0.1, 0.15) is 43.7 Å². The second kappa shape index (κ2) is 10.8. The lowest BCUT2D eigenvalue weighted by molar-refractivity contribution is -0.130. The number of amides is 2. The summed E-state index contributed by atoms with van der Waals surface area (Å²) >= 11 is 0. The fraction of sp³-hybridized carbons (Fsp3) is 0.440. The lowest BCUT2D eigenvalue weighted by Gasteiger charge is -2.36. The Kier molecular flexibility index (Phi) is 7.89. The highest BCUT2D eigenvalue weighted by Crippen LogP contribution is 2.20. The van der Waals surface area contributed by atoms with Crippen molar-refractivity contribution in [2.75, 3.05) is 36.4 Å². The summed E-state index contributed by atoms with van der Waals surface area (Å²) in [6.07, 6.45) is 4.19. The molecular weight excluding hydrogens is 374 g/mol. The van der Waals surface area contributed by atoms with Crippen LogP contribution in [0.25, 0.3) is 0 Å². The molecule has 0 aliphatic carbocycles. The van der Waals surface area contributed by atoms with E-state index in [0.717, 1.165) is 62.4 Å². The average molecular weight is 408 g/mol. The maximum atomic E-state index is 12.7. The smallest absolute Gasteiger partial charge is 0.227 e. The van der Waals surface area contributed by atoms with Gasteiger partial charge in [-0.05, 0) is 48.7 Å². The molecule has 5 nitrogen and oxygen atoms in total. The van der Waals surface area contributed by atoms with Crippen molar-refractivity contribution in [1.29, 1.82) is 0 Å². The van der Waals surface area contributed by atoms with E-state index < -0.39 is 0 Å². The van der Waals surface area contributed by atoms with E-state index in [4.69, 9.17) is 0 Å². The summed E-state index contributed by atoms with van der Waals surface area (Å²) in [5, 5.41) is 2.97. The zero-order chi connectivity index (χ0) is 21.3. The Morgan fingerprint density at radius 3 is 2.30 bits per heavy atom. The molecule has 0 aromatic heterocycles. The minimum atomic E-state index is 0.0805. The molecule has 0 bridgehead atoms. The average Bonchev–Trinajstić information content (AvgIpc) is 2.76. The van der Waals surface area contributed by atoms with Gasteiger partial charge >= 0.3 is 0 Å². The number of piperazine rings is 1. The first kappa shape index (κ1) is 21.9. The first-order valence-electron chi connectivity index (χ1n) is 11.0. The molecule has 1 fully saturated rings. The third-order valence-electron chi connectivity index (χ3n) is 5.76. The first-order valence-corrected chi connectivity index (χ1v) is 11.0. The van der Waals surface area contributed by atoms with Gasteiger partial charge in [-0.2, -0.15) is 0 Å². The molecule has 5 heteroatoms. The van der Waals surface area contributed by atoms with Crippen molar-refractivity contribution >= 4 is 23.2 Å². The van der Waals surface area contributed by atoms with Gasteiger partial charge in [0.05, 0.1) is 6.42 Å². The monoisotopic (exact) mass is 407 g/mol. The maximum absolute atomic E-state index is 12.7. The van der Waals surface area contributed by atoms with E-state index in [1.807, 2.05) is 47.4 Å². The van der Waals surface area contributed by atoms with E-state index in [9.17, 15) is 9.59 Å². The van der Waals surface area contributed by atoms with Gasteiger partial charge in [-0.15, -0.1) is 0 Å². The van der Waals surface area contributed by atoms with Gasteiger partial charge in [0.25, 0.3) is 0 Å². The van der Waals surface area contributed by atoms with Crippen LogP contribution in [0.3, 0.4) is 0 Å². The van der Waals surface area contributed by atoms with E-state index >= 15 is 0 Å². The normalized spacial score (nSPS) is 13.9. The van der Waals surface area contributed by atoms with Gasteiger partial charge in [0.15, 0.2) is 0 Å². The van der Waals surface area contributed by atoms with Crippen LogP contribution in [0.4, 0.5) is 11.4 Å². The quantitative estimate of drug-likeness (QED) is 0.660. The minimum Gasteiger partial charge on any atom is -0.368 e. The number of carbonyl (C=O) groups is 2. The summed E-state index contributed by atoms with van der Waals surface area (Å²) in [7, 11) is 0. The van der Waals surface area contributed by atoms with Crippen molar-refractivity contribution in [3.05, 3.63) is 59.7 Å². The van der Waals surface area contributed by atoms with Gasteiger partial charge < -0.3 is 15.1 Å². The number of rotatable bonds is 8. The summed E-state index contributed by atoms with van der Waals surface area (Å²) < 4.78 is 0. The van der Waals surface area contributed by atoms with Crippen molar-refractivity contribution in [2.45, 2.75) is 46.0 Å². The van der Waals surface area contributed by atoms with Crippen molar-refractivity contribution in [1.82, 2.24) is 4.90 Å². The van der Waals surface area contributed by atoms with E-state index in [2.05, 4.69) is 30.1 Å². The van der Waals surface area contributed by atoms with Crippen molar-refractivity contribution in [2.24, 2.45) is 0 Å². The standard InChI is InChI=1S/C25H33N3O2/c1-3-4-5-10-24(29)26-22-11-13-23(14-12-22)27-15-17-28(18-16-27)25(30)19-21-9-7-6-8-20(21)2/h6-9,11-14H,3-5,10,15-19H2,1-2H3,(H,26,29). The highest BCUT2D eigenvalue weighted by molar-refractivity contribution is 5.90. The Balaban J connectivity index is 1.47. The Hall–Kier alpha value is -2.82. The number of anilines is 2. The molecule has 0 unspecified atom stereocenters. The number of nitrogens with one attached hydrogen (secondary N) is 1. The molecule has 1 aliphatic heterocycles. The third kappa shape index (κ3) is 6.09. The van der Waals surface area contributed by atoms with Crippen molar-refractivity contribution in [3.63, 3.8) is 0 Å². The van der Waals surface area contributed by atoms with Crippen LogP contribution < -0.4 is 10.2 Å². The zero-order valence-electron chi connectivity index (χ0n) is 18.2. The van der Waals surface area contributed by atoms with Gasteiger partial charge in [0.2, 0.25) is 11.8 Å². The van der Waals surface area contributed by atoms with Gasteiger partial charge in [0, 0.05) is 44.0 Å². The zero-order valence-corrected chi connectivity index (χ0v) is 18.2. The number of unbranched alkanes of at least 4 members (excludes halogenated alkanes) is 2. The molecule has 0 spiro atoms. The molecule has 0 saturated carbocycles. The Morgan fingerprint density at radius 2 is 1.63 bits per heavy atom. The topological polar surface area (TPSA) is 52.7 Å². The molecule has 2 amide bonds. The molecule has 1 N–H and O–H groups in total. The van der Waals surface area contributed by atoms with Gasteiger partial charge in [0.1, 0.15) is 0 Å². The molecular formula is C25H33N3O2. The number of benzene rings is 2. The maximum Gasteiger partial charge on any atom is 0.227 e. The van der Waals surface area contributed by atoms with E-state index in [1.54, 1.807) is 0 Å². The Morgan fingerprint density at radius 1 is 0.933 bits per heavy atom. The largest absolute Gasteiger partial charge is 0.368 e. The van der Waals surface area contributed by atoms with E-state index in [1.165, 1.54) is 5.56 Å². The lowest BCUT2D eigenvalue weighted by Crippen LogP contribution is -2.49. The molecule has 2 aromatic carbocycles. The minimum absolute atomic E-state index is 0.0805. The van der Waals surface area contributed by atoms with Crippen LogP contribution >= 0.6 is 0 Å². The number of hydrogen-bond donors (Lipinski definition) is 1. The molecule has 1 heterocycles. The summed E-state index contributed by atoms with van der Waals surface area (Å²) in [5.41, 5.74) is 4.25. The van der Waals surface area contributed by atoms with Crippen LogP contribution in [-0.4, -0.2) is 42.9 Å². The predicted octanol–water partition coefficient (Wildman–Crippen LogP) is 4.41. The van der Waals surface area contributed by atoms with E-state index in [0.29, 0.717) is 12.8 Å². The number of carbonyl (C=O) groups excluding carboxylic acids is 2. The van der Waals surface area contributed by atoms with Gasteiger partial charge in [-0.25, -0.2) is 0 Å². The molecule has 2 aromatic rings. The SMILES string of the molecule is CCCCCC(=O)Nc1ccc(N2CCN(C(=O)Cc3ccccc3C)CC2)cc1. The summed E-state index contributed by atoms with van der Waals surface area (Å²) in [6.45, 7) is 7.31. The molecule has 0 atom stereocenters. The first-order chi connectivity index (χ1) is 14.6.